The summed E-state index contributed by atoms with van der Waals surface area (Å²) in [5.74, 6) is -0.678. The predicted molar refractivity (Wildman–Crippen MR) is 132 cm³/mol. The normalized spacial score (nSPS) is 24.8. The van der Waals surface area contributed by atoms with Crippen molar-refractivity contribution < 1.29 is 9.59 Å². The van der Waals surface area contributed by atoms with Crippen LogP contribution in [-0.4, -0.2) is 17.4 Å². The third-order valence-electron chi connectivity index (χ3n) is 6.84. The van der Waals surface area contributed by atoms with Crippen molar-refractivity contribution in [3.63, 3.8) is 0 Å². The molecule has 0 saturated heterocycles. The number of ketones is 1. The Balaban J connectivity index is 1.65. The van der Waals surface area contributed by atoms with Crippen LogP contribution in [0.25, 0.3) is 6.08 Å². The summed E-state index contributed by atoms with van der Waals surface area (Å²) in [7, 11) is 0. The zero-order valence-corrected chi connectivity index (χ0v) is 18.6. The fourth-order valence-corrected chi connectivity index (χ4v) is 5.30. The molecule has 5 rings (SSSR count). The van der Waals surface area contributed by atoms with Gasteiger partial charge < -0.3 is 0 Å². The minimum Gasteiger partial charge on any atom is -0.298 e. The van der Waals surface area contributed by atoms with Crippen molar-refractivity contribution in [1.82, 2.24) is 0 Å². The Kier molecular flexibility index (Phi) is 5.51. The fourth-order valence-electron chi connectivity index (χ4n) is 5.30. The standard InChI is InChI=1S/C29H26N2O2/c1-2-26-29(28(33)31(30-26)23-16-10-5-11-17-23)25(19-18-21-12-6-3-7-13-21)24(20-27(29)32)22-14-8-4-9-15-22/h3-19,24-25H,2,20H2,1H3/b19-18+/t24-,25-,29+/m1/s1. The molecule has 0 aromatic heterocycles. The molecule has 1 fully saturated rings. The van der Waals surface area contributed by atoms with E-state index in [1.807, 2.05) is 91.9 Å². The van der Waals surface area contributed by atoms with E-state index >= 15 is 0 Å². The maximum atomic E-state index is 14.1. The van der Waals surface area contributed by atoms with E-state index in [2.05, 4.69) is 18.2 Å². The zero-order chi connectivity index (χ0) is 22.8. The second-order valence-corrected chi connectivity index (χ2v) is 8.60. The molecular weight excluding hydrogens is 408 g/mol. The molecule has 4 nitrogen and oxygen atoms in total. The summed E-state index contributed by atoms with van der Waals surface area (Å²) in [5.41, 5.74) is 2.19. The first-order valence-corrected chi connectivity index (χ1v) is 11.4. The largest absolute Gasteiger partial charge is 0.298 e. The van der Waals surface area contributed by atoms with E-state index < -0.39 is 5.41 Å². The number of anilines is 1. The highest BCUT2D eigenvalue weighted by molar-refractivity contribution is 6.33. The van der Waals surface area contributed by atoms with Crippen LogP contribution in [0.3, 0.4) is 0 Å². The number of Topliss-reactive ketones (excluding diaryl/α,β-unsaturated/α-hetero) is 1. The van der Waals surface area contributed by atoms with Gasteiger partial charge in [-0.3, -0.25) is 9.59 Å². The Hall–Kier alpha value is -3.79. The first kappa shape index (κ1) is 21.1. The number of hydrogen-bond acceptors (Lipinski definition) is 3. The number of benzene rings is 3. The zero-order valence-electron chi connectivity index (χ0n) is 18.6. The number of allylic oxidation sites excluding steroid dienone is 1. The summed E-state index contributed by atoms with van der Waals surface area (Å²) in [6.07, 6.45) is 4.96. The van der Waals surface area contributed by atoms with Gasteiger partial charge in [-0.1, -0.05) is 97.9 Å². The van der Waals surface area contributed by atoms with Gasteiger partial charge in [0.05, 0.1) is 11.4 Å². The smallest absolute Gasteiger partial charge is 0.267 e. The molecule has 1 saturated carbocycles. The number of nitrogens with zero attached hydrogens (tertiary/aromatic N) is 2. The predicted octanol–water partition coefficient (Wildman–Crippen LogP) is 5.87. The van der Waals surface area contributed by atoms with Gasteiger partial charge in [0, 0.05) is 12.3 Å². The van der Waals surface area contributed by atoms with E-state index in [0.717, 1.165) is 11.1 Å². The number of para-hydroxylation sites is 1. The van der Waals surface area contributed by atoms with E-state index in [4.69, 9.17) is 5.10 Å². The maximum absolute atomic E-state index is 14.1. The fraction of sp³-hybridized carbons (Fsp3) is 0.207. The quantitative estimate of drug-likeness (QED) is 0.472. The molecule has 1 aliphatic carbocycles. The number of hydrogen-bond donors (Lipinski definition) is 0. The third kappa shape index (κ3) is 3.43. The van der Waals surface area contributed by atoms with Crippen molar-refractivity contribution in [2.24, 2.45) is 16.4 Å². The summed E-state index contributed by atoms with van der Waals surface area (Å²) in [6, 6.07) is 29.4. The van der Waals surface area contributed by atoms with Crippen LogP contribution in [0.1, 0.15) is 36.8 Å². The lowest BCUT2D eigenvalue weighted by Gasteiger charge is -2.30. The van der Waals surface area contributed by atoms with Gasteiger partial charge in [0.1, 0.15) is 0 Å². The van der Waals surface area contributed by atoms with Gasteiger partial charge in [0.25, 0.3) is 5.91 Å². The minimum absolute atomic E-state index is 0.0388. The van der Waals surface area contributed by atoms with Gasteiger partial charge in [-0.05, 0) is 35.6 Å². The highest BCUT2D eigenvalue weighted by Crippen LogP contribution is 2.55. The average Bonchev–Trinajstić information content (AvgIpc) is 3.34. The molecule has 3 aromatic rings. The van der Waals surface area contributed by atoms with Crippen molar-refractivity contribution in [2.45, 2.75) is 25.7 Å². The molecule has 1 amide bonds. The third-order valence-corrected chi connectivity index (χ3v) is 6.84. The van der Waals surface area contributed by atoms with Crippen LogP contribution < -0.4 is 5.01 Å². The van der Waals surface area contributed by atoms with Gasteiger partial charge in [-0.15, -0.1) is 0 Å². The van der Waals surface area contributed by atoms with Crippen LogP contribution in [0.15, 0.2) is 102 Å². The molecule has 2 aliphatic rings. The van der Waals surface area contributed by atoms with Crippen molar-refractivity contribution in [1.29, 1.82) is 0 Å². The number of carbonyl (C=O) groups is 2. The maximum Gasteiger partial charge on any atom is 0.267 e. The van der Waals surface area contributed by atoms with Crippen molar-refractivity contribution in [2.75, 3.05) is 5.01 Å². The molecule has 0 bridgehead atoms. The Morgan fingerprint density at radius 2 is 1.52 bits per heavy atom. The number of carbonyl (C=O) groups excluding carboxylic acids is 2. The highest BCUT2D eigenvalue weighted by atomic mass is 16.2. The topological polar surface area (TPSA) is 49.7 Å². The molecule has 1 aliphatic heterocycles. The summed E-state index contributed by atoms with van der Waals surface area (Å²) in [5, 5.41) is 6.16. The Bertz CT molecular complexity index is 1220. The molecule has 164 valence electrons. The second kappa shape index (κ2) is 8.62. The van der Waals surface area contributed by atoms with Crippen molar-refractivity contribution in [3.8, 4) is 0 Å². The summed E-state index contributed by atoms with van der Waals surface area (Å²) in [4.78, 5) is 27.9. The first-order chi connectivity index (χ1) is 16.2. The number of rotatable bonds is 5. The summed E-state index contributed by atoms with van der Waals surface area (Å²) in [6.45, 7) is 1.98. The van der Waals surface area contributed by atoms with Gasteiger partial charge in [-0.2, -0.15) is 10.1 Å². The summed E-state index contributed by atoms with van der Waals surface area (Å²) < 4.78 is 0. The van der Waals surface area contributed by atoms with Crippen molar-refractivity contribution >= 4 is 29.2 Å². The molecule has 3 aromatic carbocycles. The molecule has 0 unspecified atom stereocenters. The second-order valence-electron chi connectivity index (χ2n) is 8.60. The summed E-state index contributed by atoms with van der Waals surface area (Å²) >= 11 is 0. The highest BCUT2D eigenvalue weighted by Gasteiger charge is 2.65. The van der Waals surface area contributed by atoms with Crippen molar-refractivity contribution in [3.05, 3.63) is 108 Å². The van der Waals surface area contributed by atoms with Gasteiger partial charge in [0.2, 0.25) is 0 Å². The van der Waals surface area contributed by atoms with Crippen LogP contribution in [-0.2, 0) is 9.59 Å². The number of amides is 1. The molecule has 4 heteroatoms. The van der Waals surface area contributed by atoms with E-state index in [0.29, 0.717) is 24.2 Å². The van der Waals surface area contributed by atoms with Crippen LogP contribution in [0.2, 0.25) is 0 Å². The molecule has 0 radical (unpaired) electrons. The van der Waals surface area contributed by atoms with Gasteiger partial charge in [-0.25, -0.2) is 0 Å². The van der Waals surface area contributed by atoms with E-state index in [1.54, 1.807) is 0 Å². The Morgan fingerprint density at radius 3 is 2.15 bits per heavy atom. The van der Waals surface area contributed by atoms with Crippen LogP contribution in [0.4, 0.5) is 5.69 Å². The van der Waals surface area contributed by atoms with Crippen LogP contribution in [0.5, 0.6) is 0 Å². The van der Waals surface area contributed by atoms with Crippen LogP contribution in [0, 0.1) is 11.3 Å². The van der Waals surface area contributed by atoms with Gasteiger partial charge in [0.15, 0.2) is 11.2 Å². The first-order valence-electron chi connectivity index (χ1n) is 11.4. The Morgan fingerprint density at radius 1 is 0.909 bits per heavy atom. The monoisotopic (exact) mass is 434 g/mol. The number of hydrazone groups is 1. The van der Waals surface area contributed by atoms with Crippen LogP contribution >= 0.6 is 0 Å². The molecule has 1 spiro atoms. The molecule has 0 N–H and O–H groups in total. The molecule has 3 atom stereocenters. The lowest BCUT2D eigenvalue weighted by Crippen LogP contribution is -2.47. The molecular formula is C29H26N2O2. The molecule has 33 heavy (non-hydrogen) atoms. The van der Waals surface area contributed by atoms with E-state index in [-0.39, 0.29) is 23.5 Å². The van der Waals surface area contributed by atoms with E-state index in [1.165, 1.54) is 5.01 Å². The minimum atomic E-state index is -1.27. The SMILES string of the molecule is CCC1=NN(c2ccccc2)C(=O)[C@]12C(=O)C[C@H](c1ccccc1)[C@H]2/C=C/c1ccccc1. The van der Waals surface area contributed by atoms with Gasteiger partial charge >= 0.3 is 0 Å². The average molecular weight is 435 g/mol. The lowest BCUT2D eigenvalue weighted by molar-refractivity contribution is -0.134. The van der Waals surface area contributed by atoms with E-state index in [9.17, 15) is 9.59 Å². The Labute approximate surface area is 194 Å². The lowest BCUT2D eigenvalue weighted by atomic mass is 9.69. The molecule has 1 heterocycles.